The van der Waals surface area contributed by atoms with E-state index in [1.54, 1.807) is 12.1 Å². The molecule has 8 heteroatoms. The fraction of sp³-hybridized carbons (Fsp3) is 0.250. The molecule has 0 aliphatic heterocycles. The van der Waals surface area contributed by atoms with E-state index in [2.05, 4.69) is 10.1 Å². The molecule has 1 aromatic carbocycles. The van der Waals surface area contributed by atoms with Crippen LogP contribution < -0.4 is 10.1 Å². The van der Waals surface area contributed by atoms with Gasteiger partial charge in [0.05, 0.1) is 18.2 Å². The zero-order chi connectivity index (χ0) is 15.1. The second-order valence-corrected chi connectivity index (χ2v) is 4.36. The molecule has 0 heterocycles. The van der Waals surface area contributed by atoms with Crippen molar-refractivity contribution in [2.45, 2.75) is 6.04 Å². The van der Waals surface area contributed by atoms with Crippen LogP contribution >= 0.6 is 23.2 Å². The maximum absolute atomic E-state index is 11.5. The third kappa shape index (κ3) is 4.61. The van der Waals surface area contributed by atoms with Gasteiger partial charge in [-0.25, -0.2) is 4.79 Å². The Morgan fingerprint density at radius 2 is 2.15 bits per heavy atom. The highest BCUT2D eigenvalue weighted by atomic mass is 35.5. The standard InChI is InChI=1S/C12H10Cl2N2O4/c1-19-12(18)9(5-15)16-11(17)6-20-10-3-2-7(13)4-8(10)14/h2-4,9H,6H2,1H3,(H,16,17). The molecule has 0 radical (unpaired) electrons. The van der Waals surface area contributed by atoms with Crippen molar-refractivity contribution in [3.05, 3.63) is 28.2 Å². The lowest BCUT2D eigenvalue weighted by atomic mass is 10.3. The van der Waals surface area contributed by atoms with Gasteiger partial charge >= 0.3 is 5.97 Å². The van der Waals surface area contributed by atoms with Gasteiger partial charge in [-0.2, -0.15) is 5.26 Å². The molecule has 0 bridgehead atoms. The monoisotopic (exact) mass is 316 g/mol. The van der Waals surface area contributed by atoms with E-state index in [-0.39, 0.29) is 10.8 Å². The zero-order valence-corrected chi connectivity index (χ0v) is 11.9. The molecule has 1 rings (SSSR count). The van der Waals surface area contributed by atoms with E-state index in [1.165, 1.54) is 12.1 Å². The van der Waals surface area contributed by atoms with E-state index in [0.29, 0.717) is 5.02 Å². The van der Waals surface area contributed by atoms with Crippen molar-refractivity contribution in [3.8, 4) is 11.8 Å². The molecule has 0 aliphatic rings. The minimum absolute atomic E-state index is 0.245. The first-order valence-corrected chi connectivity index (χ1v) is 6.08. The van der Waals surface area contributed by atoms with Crippen molar-refractivity contribution >= 4 is 35.1 Å². The molecule has 0 spiro atoms. The number of amides is 1. The number of halogens is 2. The van der Waals surface area contributed by atoms with Crippen LogP contribution in [0.5, 0.6) is 5.75 Å². The number of ether oxygens (including phenoxy) is 2. The van der Waals surface area contributed by atoms with Gasteiger partial charge in [-0.3, -0.25) is 4.79 Å². The van der Waals surface area contributed by atoms with Crippen LogP contribution in [-0.2, 0) is 14.3 Å². The lowest BCUT2D eigenvalue weighted by molar-refractivity contribution is -0.143. The average molecular weight is 317 g/mol. The van der Waals surface area contributed by atoms with Crippen LogP contribution in [-0.4, -0.2) is 31.6 Å². The summed E-state index contributed by atoms with van der Waals surface area (Å²) in [6, 6.07) is 4.73. The highest BCUT2D eigenvalue weighted by molar-refractivity contribution is 6.35. The maximum atomic E-state index is 11.5. The summed E-state index contributed by atoms with van der Waals surface area (Å²) in [5.41, 5.74) is 0. The van der Waals surface area contributed by atoms with E-state index in [1.807, 2.05) is 0 Å². The van der Waals surface area contributed by atoms with E-state index in [4.69, 9.17) is 33.2 Å². The van der Waals surface area contributed by atoms with Gasteiger partial charge in [-0.1, -0.05) is 23.2 Å². The molecule has 1 aromatic rings. The third-order valence-electron chi connectivity index (χ3n) is 2.12. The Morgan fingerprint density at radius 1 is 1.45 bits per heavy atom. The quantitative estimate of drug-likeness (QED) is 0.833. The highest BCUT2D eigenvalue weighted by Gasteiger charge is 2.21. The number of rotatable bonds is 5. The number of hydrogen-bond donors (Lipinski definition) is 1. The molecule has 1 unspecified atom stereocenters. The molecule has 0 saturated carbocycles. The Hall–Kier alpha value is -1.97. The number of methoxy groups -OCH3 is 1. The first-order chi connectivity index (χ1) is 9.47. The van der Waals surface area contributed by atoms with Crippen molar-refractivity contribution < 1.29 is 19.1 Å². The number of carbonyl (C=O) groups is 2. The third-order valence-corrected chi connectivity index (χ3v) is 2.65. The van der Waals surface area contributed by atoms with Crippen molar-refractivity contribution in [1.29, 1.82) is 5.26 Å². The van der Waals surface area contributed by atoms with E-state index in [0.717, 1.165) is 7.11 Å². The second-order valence-electron chi connectivity index (χ2n) is 3.52. The summed E-state index contributed by atoms with van der Waals surface area (Å²) < 4.78 is 9.49. The number of nitrogens with one attached hydrogen (secondary N) is 1. The lowest BCUT2D eigenvalue weighted by Gasteiger charge is -2.11. The van der Waals surface area contributed by atoms with Crippen molar-refractivity contribution in [3.63, 3.8) is 0 Å². The van der Waals surface area contributed by atoms with Crippen LogP contribution in [0.4, 0.5) is 0 Å². The smallest absolute Gasteiger partial charge is 0.343 e. The molecule has 1 amide bonds. The van der Waals surface area contributed by atoms with Gasteiger partial charge in [-0.15, -0.1) is 0 Å². The van der Waals surface area contributed by atoms with Gasteiger partial charge < -0.3 is 14.8 Å². The second kappa shape index (κ2) is 7.58. The van der Waals surface area contributed by atoms with Crippen LogP contribution in [0.2, 0.25) is 10.0 Å². The summed E-state index contributed by atoms with van der Waals surface area (Å²) in [4.78, 5) is 22.6. The number of benzene rings is 1. The fourth-order valence-electron chi connectivity index (χ4n) is 1.20. The Balaban J connectivity index is 2.55. The minimum atomic E-state index is -1.38. The fourth-order valence-corrected chi connectivity index (χ4v) is 1.66. The normalized spacial score (nSPS) is 11.1. The van der Waals surface area contributed by atoms with Gasteiger partial charge in [0.2, 0.25) is 6.04 Å². The molecule has 20 heavy (non-hydrogen) atoms. The first-order valence-electron chi connectivity index (χ1n) is 5.32. The Labute approximate surface area is 125 Å². The minimum Gasteiger partial charge on any atom is -0.482 e. The maximum Gasteiger partial charge on any atom is 0.343 e. The number of nitriles is 1. The van der Waals surface area contributed by atoms with Crippen LogP contribution in [0.1, 0.15) is 0 Å². The zero-order valence-electron chi connectivity index (χ0n) is 10.4. The van der Waals surface area contributed by atoms with Gasteiger partial charge in [0.25, 0.3) is 5.91 Å². The van der Waals surface area contributed by atoms with Gasteiger partial charge in [0, 0.05) is 5.02 Å². The molecule has 1 atom stereocenters. The molecular weight excluding hydrogens is 307 g/mol. The Morgan fingerprint density at radius 3 is 2.70 bits per heavy atom. The van der Waals surface area contributed by atoms with Crippen LogP contribution in [0.25, 0.3) is 0 Å². The molecule has 0 aliphatic carbocycles. The number of esters is 1. The summed E-state index contributed by atoms with van der Waals surface area (Å²) in [7, 11) is 1.11. The van der Waals surface area contributed by atoms with Crippen LogP contribution in [0.15, 0.2) is 18.2 Å². The first kappa shape index (κ1) is 16.1. The summed E-state index contributed by atoms with van der Waals surface area (Å²) in [5, 5.41) is 11.5. The summed E-state index contributed by atoms with van der Waals surface area (Å²) >= 11 is 11.6. The molecule has 6 nitrogen and oxygen atoms in total. The summed E-state index contributed by atoms with van der Waals surface area (Å²) in [6.45, 7) is -0.406. The number of hydrogen-bond acceptors (Lipinski definition) is 5. The Kier molecular flexibility index (Phi) is 6.10. The van der Waals surface area contributed by atoms with E-state index in [9.17, 15) is 9.59 Å². The summed E-state index contributed by atoms with van der Waals surface area (Å²) in [5.74, 6) is -1.25. The van der Waals surface area contributed by atoms with Crippen molar-refractivity contribution in [1.82, 2.24) is 5.32 Å². The van der Waals surface area contributed by atoms with Crippen molar-refractivity contribution in [2.75, 3.05) is 13.7 Å². The number of carbonyl (C=O) groups excluding carboxylic acids is 2. The highest BCUT2D eigenvalue weighted by Crippen LogP contribution is 2.27. The molecule has 1 N–H and O–H groups in total. The molecule has 0 saturated heterocycles. The van der Waals surface area contributed by atoms with Gasteiger partial charge in [0.1, 0.15) is 5.75 Å². The molecule has 0 fully saturated rings. The predicted octanol–water partition coefficient (Wildman–Crippen LogP) is 1.55. The van der Waals surface area contributed by atoms with Gasteiger partial charge in [-0.05, 0) is 18.2 Å². The largest absolute Gasteiger partial charge is 0.482 e. The van der Waals surface area contributed by atoms with E-state index < -0.39 is 24.5 Å². The predicted molar refractivity (Wildman–Crippen MR) is 71.5 cm³/mol. The molecule has 0 aromatic heterocycles. The average Bonchev–Trinajstić information content (AvgIpc) is 2.43. The molecule has 106 valence electrons. The van der Waals surface area contributed by atoms with E-state index >= 15 is 0 Å². The topological polar surface area (TPSA) is 88.4 Å². The van der Waals surface area contributed by atoms with Gasteiger partial charge in [0.15, 0.2) is 6.61 Å². The lowest BCUT2D eigenvalue weighted by Crippen LogP contribution is -2.42. The number of nitrogens with zero attached hydrogens (tertiary/aromatic N) is 1. The Bertz CT molecular complexity index is 557. The van der Waals surface area contributed by atoms with Crippen LogP contribution in [0, 0.1) is 11.3 Å². The summed E-state index contributed by atoms with van der Waals surface area (Å²) in [6.07, 6.45) is 0. The van der Waals surface area contributed by atoms with Crippen molar-refractivity contribution in [2.24, 2.45) is 0 Å². The molecular formula is C12H10Cl2N2O4. The SMILES string of the molecule is COC(=O)C(C#N)NC(=O)COc1ccc(Cl)cc1Cl. The van der Waals surface area contributed by atoms with Crippen LogP contribution in [0.3, 0.4) is 0 Å².